The van der Waals surface area contributed by atoms with Crippen LogP contribution < -0.4 is 19.1 Å². The SMILES string of the molecule is COc1cccc(OC)c1CNC(=O)c1ccc2c(c1)CCN2S(=O)(=O)c1ccccc1. The summed E-state index contributed by atoms with van der Waals surface area (Å²) in [5.74, 6) is 0.992. The Morgan fingerprint density at radius 1 is 0.969 bits per heavy atom. The summed E-state index contributed by atoms with van der Waals surface area (Å²) in [5, 5.41) is 2.89. The Morgan fingerprint density at radius 3 is 2.31 bits per heavy atom. The molecular weight excluding hydrogens is 428 g/mol. The predicted octanol–water partition coefficient (Wildman–Crippen LogP) is 3.39. The van der Waals surface area contributed by atoms with Gasteiger partial charge in [-0.05, 0) is 54.4 Å². The molecule has 0 atom stereocenters. The smallest absolute Gasteiger partial charge is 0.264 e. The van der Waals surface area contributed by atoms with E-state index >= 15 is 0 Å². The van der Waals surface area contributed by atoms with Gasteiger partial charge in [0.2, 0.25) is 0 Å². The molecule has 0 unspecified atom stereocenters. The molecule has 8 heteroatoms. The van der Waals surface area contributed by atoms with E-state index in [9.17, 15) is 13.2 Å². The maximum Gasteiger partial charge on any atom is 0.264 e. The molecule has 0 aliphatic carbocycles. The van der Waals surface area contributed by atoms with E-state index in [2.05, 4.69) is 5.32 Å². The molecule has 3 aromatic rings. The lowest BCUT2D eigenvalue weighted by Gasteiger charge is -2.19. The number of amides is 1. The molecule has 1 N–H and O–H groups in total. The zero-order valence-electron chi connectivity index (χ0n) is 17.9. The summed E-state index contributed by atoms with van der Waals surface area (Å²) in [5.41, 5.74) is 2.65. The van der Waals surface area contributed by atoms with Gasteiger partial charge in [0.15, 0.2) is 0 Å². The number of hydrogen-bond acceptors (Lipinski definition) is 5. The number of hydrogen-bond donors (Lipinski definition) is 1. The molecule has 0 bridgehead atoms. The fourth-order valence-corrected chi connectivity index (χ4v) is 5.38. The van der Waals surface area contributed by atoms with Gasteiger partial charge in [0.1, 0.15) is 11.5 Å². The van der Waals surface area contributed by atoms with Gasteiger partial charge in [-0.2, -0.15) is 0 Å². The number of carbonyl (C=O) groups is 1. The second kappa shape index (κ2) is 8.92. The first-order chi connectivity index (χ1) is 15.5. The molecule has 3 aromatic carbocycles. The van der Waals surface area contributed by atoms with Crippen LogP contribution in [0.4, 0.5) is 5.69 Å². The molecule has 0 radical (unpaired) electrons. The molecule has 1 amide bonds. The predicted molar refractivity (Wildman–Crippen MR) is 122 cm³/mol. The van der Waals surface area contributed by atoms with Crippen LogP contribution in [-0.2, 0) is 23.0 Å². The van der Waals surface area contributed by atoms with Gasteiger partial charge in [-0.15, -0.1) is 0 Å². The van der Waals surface area contributed by atoms with Crippen molar-refractivity contribution in [2.45, 2.75) is 17.9 Å². The highest BCUT2D eigenvalue weighted by Gasteiger charge is 2.31. The highest BCUT2D eigenvalue weighted by molar-refractivity contribution is 7.92. The number of nitrogens with zero attached hydrogens (tertiary/aromatic N) is 1. The Labute approximate surface area is 187 Å². The minimum atomic E-state index is -3.64. The van der Waals surface area contributed by atoms with Crippen molar-refractivity contribution in [3.05, 3.63) is 83.4 Å². The van der Waals surface area contributed by atoms with Gasteiger partial charge in [0.05, 0.1) is 36.9 Å². The van der Waals surface area contributed by atoms with Crippen molar-refractivity contribution < 1.29 is 22.7 Å². The molecule has 4 rings (SSSR count). The van der Waals surface area contributed by atoms with E-state index in [-0.39, 0.29) is 17.3 Å². The van der Waals surface area contributed by atoms with Gasteiger partial charge in [-0.1, -0.05) is 24.3 Å². The maximum atomic E-state index is 13.0. The van der Waals surface area contributed by atoms with Crippen LogP contribution in [0.25, 0.3) is 0 Å². The number of benzene rings is 3. The number of fused-ring (bicyclic) bond motifs is 1. The van der Waals surface area contributed by atoms with Crippen molar-refractivity contribution in [2.75, 3.05) is 25.1 Å². The van der Waals surface area contributed by atoms with Crippen molar-refractivity contribution in [2.24, 2.45) is 0 Å². The number of nitrogens with one attached hydrogen (secondary N) is 1. The largest absolute Gasteiger partial charge is 0.496 e. The molecule has 0 saturated heterocycles. The van der Waals surface area contributed by atoms with Gasteiger partial charge in [-0.25, -0.2) is 8.42 Å². The van der Waals surface area contributed by atoms with Crippen LogP contribution in [0, 0.1) is 0 Å². The Morgan fingerprint density at radius 2 is 1.66 bits per heavy atom. The standard InChI is InChI=1S/C24H24N2O5S/c1-30-22-9-6-10-23(31-2)20(22)16-25-24(27)18-11-12-21-17(15-18)13-14-26(21)32(28,29)19-7-4-3-5-8-19/h3-12,15H,13-14,16H2,1-2H3,(H,25,27). The number of carbonyl (C=O) groups excluding carboxylic acids is 1. The second-order valence-electron chi connectivity index (χ2n) is 7.31. The third-order valence-corrected chi connectivity index (χ3v) is 7.31. The summed E-state index contributed by atoms with van der Waals surface area (Å²) in [4.78, 5) is 13.0. The number of sulfonamides is 1. The van der Waals surface area contributed by atoms with Crippen LogP contribution in [-0.4, -0.2) is 35.1 Å². The number of rotatable bonds is 7. The monoisotopic (exact) mass is 452 g/mol. The van der Waals surface area contributed by atoms with E-state index < -0.39 is 10.0 Å². The van der Waals surface area contributed by atoms with E-state index in [1.807, 2.05) is 6.07 Å². The third kappa shape index (κ3) is 4.01. The Hall–Kier alpha value is -3.52. The Balaban J connectivity index is 1.53. The Kier molecular flexibility index (Phi) is 6.05. The lowest BCUT2D eigenvalue weighted by molar-refractivity contribution is 0.0950. The molecule has 32 heavy (non-hydrogen) atoms. The zero-order chi connectivity index (χ0) is 22.7. The summed E-state index contributed by atoms with van der Waals surface area (Å²) < 4.78 is 38.2. The fraction of sp³-hybridized carbons (Fsp3) is 0.208. The van der Waals surface area contributed by atoms with Crippen LogP contribution in [0.1, 0.15) is 21.5 Å². The summed E-state index contributed by atoms with van der Waals surface area (Å²) in [6.45, 7) is 0.577. The van der Waals surface area contributed by atoms with Crippen LogP contribution in [0.2, 0.25) is 0 Å². The average Bonchev–Trinajstić information content (AvgIpc) is 3.27. The van der Waals surface area contributed by atoms with Crippen LogP contribution in [0.15, 0.2) is 71.6 Å². The first-order valence-corrected chi connectivity index (χ1v) is 11.6. The molecule has 166 valence electrons. The Bertz CT molecular complexity index is 1220. The van der Waals surface area contributed by atoms with Crippen molar-refractivity contribution >= 4 is 21.6 Å². The fourth-order valence-electron chi connectivity index (χ4n) is 3.86. The molecule has 0 fully saturated rings. The summed E-state index contributed by atoms with van der Waals surface area (Å²) in [6, 6.07) is 18.9. The number of anilines is 1. The van der Waals surface area contributed by atoms with Crippen molar-refractivity contribution in [1.29, 1.82) is 0 Å². The maximum absolute atomic E-state index is 13.0. The van der Waals surface area contributed by atoms with Crippen molar-refractivity contribution in [3.63, 3.8) is 0 Å². The van der Waals surface area contributed by atoms with Gasteiger partial charge >= 0.3 is 0 Å². The summed E-state index contributed by atoms with van der Waals surface area (Å²) in [6.07, 6.45) is 0.544. The molecule has 0 saturated carbocycles. The van der Waals surface area contributed by atoms with Gasteiger partial charge in [-0.3, -0.25) is 9.10 Å². The molecule has 1 aliphatic heterocycles. The van der Waals surface area contributed by atoms with Crippen molar-refractivity contribution in [1.82, 2.24) is 5.32 Å². The van der Waals surface area contributed by atoms with Crippen LogP contribution in [0.3, 0.4) is 0 Å². The topological polar surface area (TPSA) is 84.9 Å². The lowest BCUT2D eigenvalue weighted by atomic mass is 10.1. The molecule has 7 nitrogen and oxygen atoms in total. The first-order valence-electron chi connectivity index (χ1n) is 10.1. The van der Waals surface area contributed by atoms with Gasteiger partial charge in [0, 0.05) is 12.1 Å². The minimum absolute atomic E-state index is 0.234. The third-order valence-electron chi connectivity index (χ3n) is 5.48. The lowest BCUT2D eigenvalue weighted by Crippen LogP contribution is -2.29. The summed E-state index contributed by atoms with van der Waals surface area (Å²) >= 11 is 0. The quantitative estimate of drug-likeness (QED) is 0.594. The number of methoxy groups -OCH3 is 2. The number of ether oxygens (including phenoxy) is 2. The highest BCUT2D eigenvalue weighted by atomic mass is 32.2. The zero-order valence-corrected chi connectivity index (χ0v) is 18.7. The van der Waals surface area contributed by atoms with Crippen molar-refractivity contribution in [3.8, 4) is 11.5 Å². The molecule has 1 aliphatic rings. The van der Waals surface area contributed by atoms with E-state index in [1.54, 1.807) is 74.9 Å². The second-order valence-corrected chi connectivity index (χ2v) is 9.17. The molecular formula is C24H24N2O5S. The minimum Gasteiger partial charge on any atom is -0.496 e. The average molecular weight is 453 g/mol. The van der Waals surface area contributed by atoms with E-state index in [0.29, 0.717) is 35.7 Å². The normalized spacial score (nSPS) is 12.9. The van der Waals surface area contributed by atoms with Gasteiger partial charge in [0.25, 0.3) is 15.9 Å². The highest BCUT2D eigenvalue weighted by Crippen LogP contribution is 2.34. The summed E-state index contributed by atoms with van der Waals surface area (Å²) in [7, 11) is -0.511. The van der Waals surface area contributed by atoms with E-state index in [0.717, 1.165) is 11.1 Å². The van der Waals surface area contributed by atoms with Crippen LogP contribution in [0.5, 0.6) is 11.5 Å². The van der Waals surface area contributed by atoms with Gasteiger partial charge < -0.3 is 14.8 Å². The molecule has 0 spiro atoms. The van der Waals surface area contributed by atoms with E-state index in [1.165, 1.54) is 4.31 Å². The molecule has 0 aromatic heterocycles. The van der Waals surface area contributed by atoms with Crippen LogP contribution >= 0.6 is 0 Å². The van der Waals surface area contributed by atoms with E-state index in [4.69, 9.17) is 9.47 Å². The molecule has 1 heterocycles. The first kappa shape index (κ1) is 21.7.